The van der Waals surface area contributed by atoms with Gasteiger partial charge in [0.1, 0.15) is 5.65 Å². The van der Waals surface area contributed by atoms with Crippen LogP contribution in [0.2, 0.25) is 0 Å². The molecule has 0 aliphatic carbocycles. The number of nitrogens with two attached hydrogens (primary N) is 1. The van der Waals surface area contributed by atoms with Gasteiger partial charge in [0, 0.05) is 31.7 Å². The van der Waals surface area contributed by atoms with Crippen LogP contribution < -0.4 is 10.6 Å². The van der Waals surface area contributed by atoms with E-state index in [9.17, 15) is 0 Å². The van der Waals surface area contributed by atoms with Crippen LogP contribution in [0, 0.1) is 5.92 Å². The maximum atomic E-state index is 6.07. The van der Waals surface area contributed by atoms with Crippen molar-refractivity contribution in [3.63, 3.8) is 0 Å². The van der Waals surface area contributed by atoms with E-state index in [2.05, 4.69) is 41.5 Å². The van der Waals surface area contributed by atoms with E-state index in [1.54, 1.807) is 0 Å². The Morgan fingerprint density at radius 2 is 2.19 bits per heavy atom. The summed E-state index contributed by atoms with van der Waals surface area (Å²) in [5.41, 5.74) is 8.35. The Labute approximate surface area is 127 Å². The van der Waals surface area contributed by atoms with Crippen LogP contribution in [-0.4, -0.2) is 28.5 Å². The van der Waals surface area contributed by atoms with Gasteiger partial charge in [0.2, 0.25) is 0 Å². The third-order valence-electron chi connectivity index (χ3n) is 4.44. The number of hydrogen-bond acceptors (Lipinski definition) is 3. The van der Waals surface area contributed by atoms with Gasteiger partial charge < -0.3 is 15.0 Å². The summed E-state index contributed by atoms with van der Waals surface area (Å²) in [6, 6.07) is 6.34. The third-order valence-corrected chi connectivity index (χ3v) is 4.44. The molecule has 1 aliphatic heterocycles. The molecule has 4 heteroatoms. The number of nitrogens with zero attached hydrogens (tertiary/aromatic N) is 3. The highest BCUT2D eigenvalue weighted by atomic mass is 15.2. The average Bonchev–Trinajstić information content (AvgIpc) is 2.66. The van der Waals surface area contributed by atoms with Crippen molar-refractivity contribution >= 4 is 11.5 Å². The van der Waals surface area contributed by atoms with Crippen molar-refractivity contribution in [3.05, 3.63) is 30.1 Å². The van der Waals surface area contributed by atoms with Crippen LogP contribution in [0.25, 0.3) is 5.65 Å². The van der Waals surface area contributed by atoms with E-state index in [1.165, 1.54) is 25.0 Å². The van der Waals surface area contributed by atoms with Crippen molar-refractivity contribution in [1.29, 1.82) is 0 Å². The first kappa shape index (κ1) is 14.4. The summed E-state index contributed by atoms with van der Waals surface area (Å²) in [5.74, 6) is 1.97. The Morgan fingerprint density at radius 3 is 3.00 bits per heavy atom. The minimum absolute atomic E-state index is 0.148. The minimum Gasteiger partial charge on any atom is -0.355 e. The number of rotatable bonds is 3. The van der Waals surface area contributed by atoms with Gasteiger partial charge in [0.15, 0.2) is 5.82 Å². The number of aromatic nitrogens is 2. The summed E-state index contributed by atoms with van der Waals surface area (Å²) in [4.78, 5) is 7.36. The number of pyridine rings is 1. The quantitative estimate of drug-likeness (QED) is 0.943. The maximum Gasteiger partial charge on any atom is 0.151 e. The predicted octanol–water partition coefficient (Wildman–Crippen LogP) is 2.85. The highest BCUT2D eigenvalue weighted by Gasteiger charge is 2.21. The molecule has 3 heterocycles. The largest absolute Gasteiger partial charge is 0.355 e. The van der Waals surface area contributed by atoms with Gasteiger partial charge in [-0.05, 0) is 44.2 Å². The second-order valence-electron chi connectivity index (χ2n) is 6.52. The number of anilines is 1. The molecular formula is C17H26N4. The molecule has 2 unspecified atom stereocenters. The van der Waals surface area contributed by atoms with Gasteiger partial charge >= 0.3 is 0 Å². The SMILES string of the molecule is CC(N)Cc1c(N2CCCC(C)CC2)nc2ccccn12. The minimum atomic E-state index is 0.148. The highest BCUT2D eigenvalue weighted by Crippen LogP contribution is 2.27. The maximum absolute atomic E-state index is 6.07. The fourth-order valence-corrected chi connectivity index (χ4v) is 3.26. The van der Waals surface area contributed by atoms with E-state index in [-0.39, 0.29) is 6.04 Å². The van der Waals surface area contributed by atoms with Gasteiger partial charge in [-0.15, -0.1) is 0 Å². The lowest BCUT2D eigenvalue weighted by molar-refractivity contribution is 0.521. The Kier molecular flexibility index (Phi) is 4.15. The summed E-state index contributed by atoms with van der Waals surface area (Å²) in [7, 11) is 0. The van der Waals surface area contributed by atoms with Crippen LogP contribution in [0.5, 0.6) is 0 Å². The molecule has 21 heavy (non-hydrogen) atoms. The zero-order valence-electron chi connectivity index (χ0n) is 13.1. The van der Waals surface area contributed by atoms with Crippen molar-refractivity contribution < 1.29 is 0 Å². The molecule has 3 rings (SSSR count). The fraction of sp³-hybridized carbons (Fsp3) is 0.588. The predicted molar refractivity (Wildman–Crippen MR) is 87.8 cm³/mol. The molecule has 2 N–H and O–H groups in total. The molecular weight excluding hydrogens is 260 g/mol. The first-order chi connectivity index (χ1) is 10.1. The third kappa shape index (κ3) is 3.05. The van der Waals surface area contributed by atoms with E-state index in [1.807, 2.05) is 6.07 Å². The van der Waals surface area contributed by atoms with Crippen molar-refractivity contribution in [2.24, 2.45) is 11.7 Å². The Hall–Kier alpha value is -1.55. The highest BCUT2D eigenvalue weighted by molar-refractivity contribution is 5.56. The van der Waals surface area contributed by atoms with Crippen LogP contribution in [0.15, 0.2) is 24.4 Å². The average molecular weight is 286 g/mol. The fourth-order valence-electron chi connectivity index (χ4n) is 3.26. The zero-order chi connectivity index (χ0) is 14.8. The normalized spacial score (nSPS) is 21.5. The summed E-state index contributed by atoms with van der Waals surface area (Å²) in [6.07, 6.45) is 6.81. The first-order valence-electron chi connectivity index (χ1n) is 8.11. The van der Waals surface area contributed by atoms with Gasteiger partial charge in [0.05, 0.1) is 5.69 Å². The molecule has 0 spiro atoms. The molecule has 2 atom stereocenters. The molecule has 0 amide bonds. The van der Waals surface area contributed by atoms with Gasteiger partial charge in [0.25, 0.3) is 0 Å². The molecule has 0 bridgehead atoms. The van der Waals surface area contributed by atoms with Crippen LogP contribution in [-0.2, 0) is 6.42 Å². The Balaban J connectivity index is 1.99. The molecule has 0 radical (unpaired) electrons. The molecule has 4 nitrogen and oxygen atoms in total. The van der Waals surface area contributed by atoms with Crippen molar-refractivity contribution in [1.82, 2.24) is 9.38 Å². The second kappa shape index (κ2) is 6.06. The van der Waals surface area contributed by atoms with Crippen LogP contribution in [0.3, 0.4) is 0 Å². The second-order valence-corrected chi connectivity index (χ2v) is 6.52. The number of imidazole rings is 1. The molecule has 2 aromatic heterocycles. The zero-order valence-corrected chi connectivity index (χ0v) is 13.1. The molecule has 1 aliphatic rings. The van der Waals surface area contributed by atoms with Gasteiger partial charge in [-0.1, -0.05) is 13.0 Å². The summed E-state index contributed by atoms with van der Waals surface area (Å²) >= 11 is 0. The molecule has 1 fully saturated rings. The standard InChI is InChI=1S/C17H26N4/c1-13-6-5-9-20(11-8-13)17-15(12-14(2)18)21-10-4-3-7-16(21)19-17/h3-4,7,10,13-14H,5-6,8-9,11-12,18H2,1-2H3. The van der Waals surface area contributed by atoms with Crippen molar-refractivity contribution in [3.8, 4) is 0 Å². The Bertz CT molecular complexity index is 602. The van der Waals surface area contributed by atoms with Crippen molar-refractivity contribution in [2.75, 3.05) is 18.0 Å². The number of fused-ring (bicyclic) bond motifs is 1. The summed E-state index contributed by atoms with van der Waals surface area (Å²) in [6.45, 7) is 6.64. The van der Waals surface area contributed by atoms with Crippen LogP contribution in [0.1, 0.15) is 38.8 Å². The van der Waals surface area contributed by atoms with Gasteiger partial charge in [-0.25, -0.2) is 4.98 Å². The molecule has 1 saturated heterocycles. The lowest BCUT2D eigenvalue weighted by Gasteiger charge is -2.22. The van der Waals surface area contributed by atoms with Crippen LogP contribution in [0.4, 0.5) is 5.82 Å². The monoisotopic (exact) mass is 286 g/mol. The lowest BCUT2D eigenvalue weighted by Crippen LogP contribution is -2.27. The molecule has 0 aromatic carbocycles. The number of hydrogen-bond donors (Lipinski definition) is 1. The van der Waals surface area contributed by atoms with Gasteiger partial charge in [-0.3, -0.25) is 0 Å². The van der Waals surface area contributed by atoms with Gasteiger partial charge in [-0.2, -0.15) is 0 Å². The van der Waals surface area contributed by atoms with Crippen LogP contribution >= 0.6 is 0 Å². The Morgan fingerprint density at radius 1 is 1.33 bits per heavy atom. The van der Waals surface area contributed by atoms with E-state index < -0.39 is 0 Å². The lowest BCUT2D eigenvalue weighted by atomic mass is 10.0. The van der Waals surface area contributed by atoms with Crippen molar-refractivity contribution in [2.45, 2.75) is 45.6 Å². The molecule has 114 valence electrons. The smallest absolute Gasteiger partial charge is 0.151 e. The molecule has 2 aromatic rings. The van der Waals surface area contributed by atoms with E-state index in [0.29, 0.717) is 0 Å². The topological polar surface area (TPSA) is 46.6 Å². The summed E-state index contributed by atoms with van der Waals surface area (Å²) in [5, 5.41) is 0. The molecule has 0 saturated carbocycles. The van der Waals surface area contributed by atoms with E-state index in [4.69, 9.17) is 10.7 Å². The van der Waals surface area contributed by atoms with E-state index in [0.717, 1.165) is 36.9 Å². The summed E-state index contributed by atoms with van der Waals surface area (Å²) < 4.78 is 2.20. The van der Waals surface area contributed by atoms with E-state index >= 15 is 0 Å². The first-order valence-corrected chi connectivity index (χ1v) is 8.11.